The van der Waals surface area contributed by atoms with Crippen molar-refractivity contribution in [1.29, 1.82) is 0 Å². The first-order valence-corrected chi connectivity index (χ1v) is 7.82. The highest BCUT2D eigenvalue weighted by atomic mass is 16.3. The van der Waals surface area contributed by atoms with Crippen molar-refractivity contribution < 1.29 is 5.11 Å². The lowest BCUT2D eigenvalue weighted by Crippen LogP contribution is -2.28. The fourth-order valence-electron chi connectivity index (χ4n) is 2.54. The van der Waals surface area contributed by atoms with E-state index in [0.29, 0.717) is 23.8 Å². The molecule has 1 atom stereocenters. The number of rotatable bonds is 7. The third-order valence-corrected chi connectivity index (χ3v) is 3.82. The summed E-state index contributed by atoms with van der Waals surface area (Å²) in [6.45, 7) is 10.6. The predicted molar refractivity (Wildman–Crippen MR) is 85.0 cm³/mol. The number of aliphatic hydroxyl groups excluding tert-OH is 1. The van der Waals surface area contributed by atoms with Gasteiger partial charge >= 0.3 is 0 Å². The zero-order chi connectivity index (χ0) is 15.2. The Hall–Kier alpha value is -1.63. The van der Waals surface area contributed by atoms with Gasteiger partial charge < -0.3 is 20.2 Å². The van der Waals surface area contributed by atoms with Crippen LogP contribution < -0.4 is 15.1 Å². The van der Waals surface area contributed by atoms with Crippen molar-refractivity contribution in [2.75, 3.05) is 54.4 Å². The zero-order valence-corrected chi connectivity index (χ0v) is 13.2. The molecule has 2 rings (SSSR count). The first-order valence-electron chi connectivity index (χ1n) is 7.82. The van der Waals surface area contributed by atoms with Crippen LogP contribution in [0.5, 0.6) is 0 Å². The Morgan fingerprint density at radius 2 is 2.00 bits per heavy atom. The molecule has 2 heterocycles. The van der Waals surface area contributed by atoms with Crippen molar-refractivity contribution in [2.45, 2.75) is 27.2 Å². The molecule has 0 amide bonds. The number of hydrogen-bond acceptors (Lipinski definition) is 7. The van der Waals surface area contributed by atoms with Crippen LogP contribution in [0.4, 0.5) is 17.8 Å². The van der Waals surface area contributed by atoms with Crippen molar-refractivity contribution in [2.24, 2.45) is 5.92 Å². The number of nitrogens with zero attached hydrogens (tertiary/aromatic N) is 5. The van der Waals surface area contributed by atoms with Gasteiger partial charge in [0.05, 0.1) is 0 Å². The topological polar surface area (TPSA) is 77.4 Å². The molecular weight excluding hydrogens is 268 g/mol. The van der Waals surface area contributed by atoms with Crippen molar-refractivity contribution in [3.63, 3.8) is 0 Å². The quantitative estimate of drug-likeness (QED) is 0.776. The van der Waals surface area contributed by atoms with Gasteiger partial charge in [0.1, 0.15) is 0 Å². The van der Waals surface area contributed by atoms with E-state index in [0.717, 1.165) is 39.1 Å². The van der Waals surface area contributed by atoms with Crippen LogP contribution in [0.1, 0.15) is 27.2 Å². The molecule has 1 aromatic heterocycles. The molecular formula is C14H26N6O. The number of hydrogen-bond donors (Lipinski definition) is 2. The van der Waals surface area contributed by atoms with Crippen molar-refractivity contribution in [3.05, 3.63) is 0 Å². The second-order valence-electron chi connectivity index (χ2n) is 5.24. The Bertz CT molecular complexity index is 451. The van der Waals surface area contributed by atoms with Crippen molar-refractivity contribution in [1.82, 2.24) is 15.0 Å². The Labute approximate surface area is 126 Å². The average molecular weight is 294 g/mol. The summed E-state index contributed by atoms with van der Waals surface area (Å²) in [6.07, 6.45) is 0.985. The fraction of sp³-hybridized carbons (Fsp3) is 0.786. The van der Waals surface area contributed by atoms with Gasteiger partial charge in [0.25, 0.3) is 0 Å². The molecule has 1 aliphatic rings. The van der Waals surface area contributed by atoms with E-state index in [9.17, 15) is 5.11 Å². The summed E-state index contributed by atoms with van der Waals surface area (Å²) in [5.41, 5.74) is 0. The summed E-state index contributed by atoms with van der Waals surface area (Å²) < 4.78 is 0. The van der Waals surface area contributed by atoms with E-state index >= 15 is 0 Å². The van der Waals surface area contributed by atoms with E-state index in [4.69, 9.17) is 0 Å². The molecule has 1 aliphatic heterocycles. The van der Waals surface area contributed by atoms with Crippen molar-refractivity contribution >= 4 is 17.8 Å². The lowest BCUT2D eigenvalue weighted by Gasteiger charge is -2.22. The monoisotopic (exact) mass is 294 g/mol. The molecule has 0 bridgehead atoms. The maximum atomic E-state index is 9.29. The minimum Gasteiger partial charge on any atom is -0.396 e. The summed E-state index contributed by atoms with van der Waals surface area (Å²) in [7, 11) is 0. The Morgan fingerprint density at radius 3 is 2.57 bits per heavy atom. The van der Waals surface area contributed by atoms with Crippen LogP contribution in [-0.2, 0) is 0 Å². The number of aliphatic hydroxyl groups is 1. The van der Waals surface area contributed by atoms with Crippen LogP contribution in [0, 0.1) is 5.92 Å². The molecule has 1 unspecified atom stereocenters. The Morgan fingerprint density at radius 1 is 1.24 bits per heavy atom. The van der Waals surface area contributed by atoms with Crippen LogP contribution in [0.25, 0.3) is 0 Å². The smallest absolute Gasteiger partial charge is 0.231 e. The highest BCUT2D eigenvalue weighted by Gasteiger charge is 2.25. The normalized spacial score (nSPS) is 18.1. The maximum absolute atomic E-state index is 9.29. The molecule has 0 saturated carbocycles. The van der Waals surface area contributed by atoms with Gasteiger partial charge in [0.2, 0.25) is 17.8 Å². The standard InChI is InChI=1S/C14H26N6O/c1-4-15-12-16-13(19(5-2)6-3)18-14(17-12)20-8-7-11(9-20)10-21/h11,21H,4-10H2,1-3H3,(H,15,16,17,18). The second-order valence-corrected chi connectivity index (χ2v) is 5.24. The molecule has 0 radical (unpaired) electrons. The molecule has 1 aromatic rings. The van der Waals surface area contributed by atoms with Crippen LogP contribution >= 0.6 is 0 Å². The lowest BCUT2D eigenvalue weighted by atomic mass is 10.1. The maximum Gasteiger partial charge on any atom is 0.231 e. The Balaban J connectivity index is 2.27. The molecule has 7 nitrogen and oxygen atoms in total. The van der Waals surface area contributed by atoms with Gasteiger partial charge in [0.15, 0.2) is 0 Å². The average Bonchev–Trinajstić information content (AvgIpc) is 2.98. The number of aromatic nitrogens is 3. The molecule has 7 heteroatoms. The van der Waals surface area contributed by atoms with Gasteiger partial charge in [-0.3, -0.25) is 0 Å². The van der Waals surface area contributed by atoms with Crippen LogP contribution in [0.15, 0.2) is 0 Å². The Kier molecular flexibility index (Phi) is 5.55. The second kappa shape index (κ2) is 7.40. The van der Waals surface area contributed by atoms with Crippen LogP contribution in [0.2, 0.25) is 0 Å². The molecule has 0 aromatic carbocycles. The minimum atomic E-state index is 0.227. The lowest BCUT2D eigenvalue weighted by molar-refractivity contribution is 0.238. The highest BCUT2D eigenvalue weighted by molar-refractivity contribution is 5.45. The van der Waals surface area contributed by atoms with E-state index in [1.54, 1.807) is 0 Å². The van der Waals surface area contributed by atoms with Gasteiger partial charge in [-0.1, -0.05) is 0 Å². The van der Waals surface area contributed by atoms with E-state index in [1.165, 1.54) is 0 Å². The third-order valence-electron chi connectivity index (χ3n) is 3.82. The summed E-state index contributed by atoms with van der Waals surface area (Å²) in [5, 5.41) is 12.5. The summed E-state index contributed by atoms with van der Waals surface area (Å²) >= 11 is 0. The van der Waals surface area contributed by atoms with E-state index in [2.05, 4.69) is 43.9 Å². The molecule has 21 heavy (non-hydrogen) atoms. The number of nitrogens with one attached hydrogen (secondary N) is 1. The molecule has 0 aliphatic carbocycles. The molecule has 2 N–H and O–H groups in total. The van der Waals surface area contributed by atoms with E-state index in [-0.39, 0.29) is 6.61 Å². The van der Waals surface area contributed by atoms with Gasteiger partial charge in [0, 0.05) is 45.2 Å². The molecule has 1 saturated heterocycles. The fourth-order valence-corrected chi connectivity index (χ4v) is 2.54. The van der Waals surface area contributed by atoms with Gasteiger partial charge in [-0.05, 0) is 27.2 Å². The first kappa shape index (κ1) is 15.8. The highest BCUT2D eigenvalue weighted by Crippen LogP contribution is 2.23. The summed E-state index contributed by atoms with van der Waals surface area (Å²) in [4.78, 5) is 17.9. The molecule has 1 fully saturated rings. The van der Waals surface area contributed by atoms with Gasteiger partial charge in [-0.15, -0.1) is 0 Å². The predicted octanol–water partition coefficient (Wildman–Crippen LogP) is 0.968. The number of anilines is 3. The van der Waals surface area contributed by atoms with Gasteiger partial charge in [-0.2, -0.15) is 15.0 Å². The van der Waals surface area contributed by atoms with Crippen LogP contribution in [0.3, 0.4) is 0 Å². The van der Waals surface area contributed by atoms with E-state index < -0.39 is 0 Å². The molecule has 0 spiro atoms. The zero-order valence-electron chi connectivity index (χ0n) is 13.2. The third kappa shape index (κ3) is 3.72. The summed E-state index contributed by atoms with van der Waals surface area (Å²) in [5.74, 6) is 2.37. The first-order chi connectivity index (χ1) is 10.2. The minimum absolute atomic E-state index is 0.227. The van der Waals surface area contributed by atoms with E-state index in [1.807, 2.05) is 6.92 Å². The van der Waals surface area contributed by atoms with Crippen LogP contribution in [-0.4, -0.2) is 59.4 Å². The molecule has 118 valence electrons. The van der Waals surface area contributed by atoms with Crippen molar-refractivity contribution in [3.8, 4) is 0 Å². The SMILES string of the molecule is CCNc1nc(N(CC)CC)nc(N2CCC(CO)C2)n1. The van der Waals surface area contributed by atoms with Gasteiger partial charge in [-0.25, -0.2) is 0 Å². The largest absolute Gasteiger partial charge is 0.396 e. The summed E-state index contributed by atoms with van der Waals surface area (Å²) in [6, 6.07) is 0.